The molecular weight excluding hydrogens is 650 g/mol. The van der Waals surface area contributed by atoms with Crippen molar-refractivity contribution in [3.8, 4) is 0 Å². The van der Waals surface area contributed by atoms with E-state index in [0.717, 1.165) is 26.3 Å². The average Bonchev–Trinajstić information content (AvgIpc) is 3.02. The van der Waals surface area contributed by atoms with Gasteiger partial charge in [0.1, 0.15) is 12.6 Å². The lowest BCUT2D eigenvalue weighted by Gasteiger charge is -2.34. The summed E-state index contributed by atoms with van der Waals surface area (Å²) in [5, 5.41) is 3.37. The summed E-state index contributed by atoms with van der Waals surface area (Å²) in [5.41, 5.74) is 1.95. The Morgan fingerprint density at radius 2 is 1.44 bits per heavy atom. The SMILES string of the molecule is CCCNC(=O)[C@@H](Cc1ccccc1)N(Cc1ccc(Br)cc1)C(=O)CN(c1ccc(Cl)cc1)S(=O)(=O)c1ccccc1. The number of nitrogens with one attached hydrogen (secondary N) is 1. The summed E-state index contributed by atoms with van der Waals surface area (Å²) in [6, 6.07) is 30.2. The third-order valence-corrected chi connectivity index (χ3v) is 9.38. The number of nitrogens with zero attached hydrogens (tertiary/aromatic N) is 2. The monoisotopic (exact) mass is 681 g/mol. The minimum atomic E-state index is -4.16. The lowest BCUT2D eigenvalue weighted by atomic mass is 10.0. The molecule has 0 aliphatic heterocycles. The zero-order valence-electron chi connectivity index (χ0n) is 23.7. The highest BCUT2D eigenvalue weighted by atomic mass is 79.9. The molecule has 224 valence electrons. The zero-order valence-corrected chi connectivity index (χ0v) is 26.9. The second-order valence-electron chi connectivity index (χ2n) is 9.95. The van der Waals surface area contributed by atoms with Crippen LogP contribution in [0.3, 0.4) is 0 Å². The fourth-order valence-electron chi connectivity index (χ4n) is 4.56. The highest BCUT2D eigenvalue weighted by Crippen LogP contribution is 2.26. The molecule has 0 saturated heterocycles. The van der Waals surface area contributed by atoms with Crippen molar-refractivity contribution in [2.45, 2.75) is 37.2 Å². The van der Waals surface area contributed by atoms with Gasteiger partial charge in [0, 0.05) is 29.0 Å². The fraction of sp³-hybridized carbons (Fsp3) is 0.212. The Labute approximate surface area is 266 Å². The van der Waals surface area contributed by atoms with Gasteiger partial charge in [-0.05, 0) is 66.1 Å². The molecule has 1 atom stereocenters. The average molecular weight is 683 g/mol. The molecule has 0 fully saturated rings. The van der Waals surface area contributed by atoms with Crippen LogP contribution in [0, 0.1) is 0 Å². The van der Waals surface area contributed by atoms with E-state index < -0.39 is 28.5 Å². The van der Waals surface area contributed by atoms with Gasteiger partial charge < -0.3 is 10.2 Å². The summed E-state index contributed by atoms with van der Waals surface area (Å²) < 4.78 is 29.8. The maximum atomic E-state index is 14.4. The Bertz CT molecular complexity index is 1600. The first-order valence-corrected chi connectivity index (χ1v) is 16.5. The summed E-state index contributed by atoms with van der Waals surface area (Å²) in [6.45, 7) is 1.98. The Morgan fingerprint density at radius 1 is 0.837 bits per heavy atom. The summed E-state index contributed by atoms with van der Waals surface area (Å²) >= 11 is 9.56. The second kappa shape index (κ2) is 15.2. The first-order valence-electron chi connectivity index (χ1n) is 13.9. The van der Waals surface area contributed by atoms with E-state index in [2.05, 4.69) is 21.2 Å². The molecule has 0 saturated carbocycles. The third-order valence-electron chi connectivity index (χ3n) is 6.81. The highest BCUT2D eigenvalue weighted by Gasteiger charge is 2.34. The molecular formula is C33H33BrClN3O4S. The first-order chi connectivity index (χ1) is 20.7. The zero-order chi connectivity index (χ0) is 30.8. The number of carbonyl (C=O) groups excluding carboxylic acids is 2. The predicted octanol–water partition coefficient (Wildman–Crippen LogP) is 6.46. The molecule has 0 aliphatic rings. The van der Waals surface area contributed by atoms with Crippen LogP contribution in [0.25, 0.3) is 0 Å². The van der Waals surface area contributed by atoms with Crippen LogP contribution in [0.5, 0.6) is 0 Å². The van der Waals surface area contributed by atoms with Crippen molar-refractivity contribution in [1.82, 2.24) is 10.2 Å². The molecule has 10 heteroatoms. The summed E-state index contributed by atoms with van der Waals surface area (Å²) in [7, 11) is -4.16. The van der Waals surface area contributed by atoms with Crippen LogP contribution in [0.1, 0.15) is 24.5 Å². The quantitative estimate of drug-likeness (QED) is 0.175. The number of benzene rings is 4. The van der Waals surface area contributed by atoms with Gasteiger partial charge in [0.05, 0.1) is 10.6 Å². The van der Waals surface area contributed by atoms with Crippen molar-refractivity contribution in [3.63, 3.8) is 0 Å². The van der Waals surface area contributed by atoms with Gasteiger partial charge in [-0.3, -0.25) is 13.9 Å². The lowest BCUT2D eigenvalue weighted by molar-refractivity contribution is -0.140. The predicted molar refractivity (Wildman–Crippen MR) is 174 cm³/mol. The molecule has 0 aliphatic carbocycles. The molecule has 0 spiro atoms. The lowest BCUT2D eigenvalue weighted by Crippen LogP contribution is -2.53. The van der Waals surface area contributed by atoms with Crippen LogP contribution in [0.4, 0.5) is 5.69 Å². The van der Waals surface area contributed by atoms with Crippen LogP contribution in [-0.4, -0.2) is 44.3 Å². The van der Waals surface area contributed by atoms with E-state index in [1.165, 1.54) is 17.0 Å². The Hall–Kier alpha value is -3.66. The summed E-state index contributed by atoms with van der Waals surface area (Å²) in [5.74, 6) is -0.829. The van der Waals surface area contributed by atoms with Gasteiger partial charge in [-0.2, -0.15) is 0 Å². The van der Waals surface area contributed by atoms with Crippen molar-refractivity contribution in [2.75, 3.05) is 17.4 Å². The van der Waals surface area contributed by atoms with Gasteiger partial charge in [-0.25, -0.2) is 8.42 Å². The molecule has 2 amide bonds. The van der Waals surface area contributed by atoms with E-state index >= 15 is 0 Å². The van der Waals surface area contributed by atoms with Crippen LogP contribution < -0.4 is 9.62 Å². The molecule has 0 radical (unpaired) electrons. The molecule has 7 nitrogen and oxygen atoms in total. The van der Waals surface area contributed by atoms with Gasteiger partial charge in [0.2, 0.25) is 11.8 Å². The van der Waals surface area contributed by atoms with E-state index in [0.29, 0.717) is 11.6 Å². The number of hydrogen-bond acceptors (Lipinski definition) is 4. The van der Waals surface area contributed by atoms with Gasteiger partial charge >= 0.3 is 0 Å². The van der Waals surface area contributed by atoms with E-state index in [4.69, 9.17) is 11.6 Å². The number of amides is 2. The highest BCUT2D eigenvalue weighted by molar-refractivity contribution is 9.10. The standard InChI is InChI=1S/C33H33BrClN3O4S/c1-2-21-36-33(40)31(22-25-9-5-3-6-10-25)37(23-26-13-15-27(34)16-14-26)32(39)24-38(29-19-17-28(35)18-20-29)43(41,42)30-11-7-4-8-12-30/h3-20,31H,2,21-24H2,1H3,(H,36,40)/t31-/m1/s1. The number of carbonyl (C=O) groups is 2. The molecule has 4 rings (SSSR count). The van der Waals surface area contributed by atoms with Gasteiger partial charge in [0.25, 0.3) is 10.0 Å². The number of rotatable bonds is 13. The van der Waals surface area contributed by atoms with Crippen LogP contribution in [0.2, 0.25) is 5.02 Å². The topological polar surface area (TPSA) is 86.8 Å². The number of sulfonamides is 1. The van der Waals surface area contributed by atoms with E-state index in [-0.39, 0.29) is 29.5 Å². The maximum Gasteiger partial charge on any atom is 0.264 e. The Morgan fingerprint density at radius 3 is 2.05 bits per heavy atom. The summed E-state index contributed by atoms with van der Waals surface area (Å²) in [6.07, 6.45) is 0.981. The number of hydrogen-bond donors (Lipinski definition) is 1. The minimum absolute atomic E-state index is 0.0405. The third kappa shape index (κ3) is 8.69. The molecule has 0 aromatic heterocycles. The largest absolute Gasteiger partial charge is 0.354 e. The van der Waals surface area contributed by atoms with Crippen LogP contribution in [-0.2, 0) is 32.6 Å². The van der Waals surface area contributed by atoms with Crippen molar-refractivity contribution < 1.29 is 18.0 Å². The number of anilines is 1. The van der Waals surface area contributed by atoms with Crippen LogP contribution in [0.15, 0.2) is 119 Å². The molecule has 4 aromatic rings. The van der Waals surface area contributed by atoms with Gasteiger partial charge in [-0.15, -0.1) is 0 Å². The van der Waals surface area contributed by atoms with Crippen molar-refractivity contribution >= 4 is 55.1 Å². The molecule has 43 heavy (non-hydrogen) atoms. The maximum absolute atomic E-state index is 14.4. The van der Waals surface area contributed by atoms with E-state index in [1.807, 2.05) is 61.5 Å². The van der Waals surface area contributed by atoms with Crippen LogP contribution >= 0.6 is 27.5 Å². The number of halogens is 2. The smallest absolute Gasteiger partial charge is 0.264 e. The minimum Gasteiger partial charge on any atom is -0.354 e. The van der Waals surface area contributed by atoms with Gasteiger partial charge in [-0.1, -0.05) is 95.1 Å². The summed E-state index contributed by atoms with van der Waals surface area (Å²) in [4.78, 5) is 29.5. The van der Waals surface area contributed by atoms with Gasteiger partial charge in [0.15, 0.2) is 0 Å². The molecule has 0 heterocycles. The molecule has 4 aromatic carbocycles. The molecule has 0 unspecified atom stereocenters. The van der Waals surface area contributed by atoms with Crippen molar-refractivity contribution in [2.24, 2.45) is 0 Å². The van der Waals surface area contributed by atoms with Crippen molar-refractivity contribution in [1.29, 1.82) is 0 Å². The fourth-order valence-corrected chi connectivity index (χ4v) is 6.39. The molecule has 1 N–H and O–H groups in total. The Kier molecular flexibility index (Phi) is 11.4. The Balaban J connectivity index is 1.78. The van der Waals surface area contributed by atoms with E-state index in [9.17, 15) is 18.0 Å². The molecule has 0 bridgehead atoms. The normalized spacial score (nSPS) is 11.9. The van der Waals surface area contributed by atoms with E-state index in [1.54, 1.807) is 42.5 Å². The second-order valence-corrected chi connectivity index (χ2v) is 13.2. The first kappa shape index (κ1) is 32.3. The van der Waals surface area contributed by atoms with Crippen molar-refractivity contribution in [3.05, 3.63) is 130 Å².